The fourth-order valence-electron chi connectivity index (χ4n) is 2.24. The van der Waals surface area contributed by atoms with Crippen molar-refractivity contribution in [1.82, 2.24) is 14.7 Å². The van der Waals surface area contributed by atoms with E-state index in [9.17, 15) is 0 Å². The highest BCUT2D eigenvalue weighted by Crippen LogP contribution is 2.22. The van der Waals surface area contributed by atoms with E-state index in [1.54, 1.807) is 0 Å². The molecule has 0 radical (unpaired) electrons. The lowest BCUT2D eigenvalue weighted by Gasteiger charge is -2.31. The summed E-state index contributed by atoms with van der Waals surface area (Å²) >= 11 is 0. The van der Waals surface area contributed by atoms with E-state index in [1.165, 1.54) is 38.2 Å². The number of hydrogen-bond donors (Lipinski definition) is 0. The zero-order chi connectivity index (χ0) is 9.97. The van der Waals surface area contributed by atoms with Crippen LogP contribution in [-0.4, -0.2) is 34.3 Å². The third kappa shape index (κ3) is 1.82. The van der Waals surface area contributed by atoms with Crippen molar-refractivity contribution in [3.8, 4) is 0 Å². The van der Waals surface area contributed by atoms with Gasteiger partial charge in [-0.25, -0.2) is 0 Å². The minimum absolute atomic E-state index is 0.632. The lowest BCUT2D eigenvalue weighted by molar-refractivity contribution is 0.186. The van der Waals surface area contributed by atoms with Crippen LogP contribution >= 0.6 is 0 Å². The van der Waals surface area contributed by atoms with Gasteiger partial charge in [0.05, 0.1) is 6.04 Å². The van der Waals surface area contributed by atoms with E-state index in [0.29, 0.717) is 6.04 Å². The summed E-state index contributed by atoms with van der Waals surface area (Å²) in [5.41, 5.74) is 1.29. The van der Waals surface area contributed by atoms with E-state index >= 15 is 0 Å². The van der Waals surface area contributed by atoms with Gasteiger partial charge in [-0.1, -0.05) is 6.92 Å². The number of likely N-dealkylation sites (tertiary alicyclic amines) is 1. The molecule has 2 heterocycles. The zero-order valence-electron chi connectivity index (χ0n) is 9.11. The quantitative estimate of drug-likeness (QED) is 0.714. The van der Waals surface area contributed by atoms with Gasteiger partial charge in [-0.15, -0.1) is 0 Å². The molecule has 0 spiro atoms. The van der Waals surface area contributed by atoms with E-state index in [2.05, 4.69) is 34.6 Å². The van der Waals surface area contributed by atoms with Crippen molar-refractivity contribution in [1.29, 1.82) is 0 Å². The Morgan fingerprint density at radius 2 is 2.14 bits per heavy atom. The number of piperidine rings is 1. The van der Waals surface area contributed by atoms with Gasteiger partial charge in [0.2, 0.25) is 0 Å². The minimum Gasteiger partial charge on any atom is -0.303 e. The molecule has 1 aromatic rings. The molecule has 14 heavy (non-hydrogen) atoms. The van der Waals surface area contributed by atoms with Crippen LogP contribution in [0.3, 0.4) is 0 Å². The van der Waals surface area contributed by atoms with E-state index < -0.39 is 0 Å². The van der Waals surface area contributed by atoms with Crippen LogP contribution in [0.1, 0.15) is 31.5 Å². The Kier molecular flexibility index (Phi) is 2.87. The van der Waals surface area contributed by atoms with Crippen LogP contribution in [0.15, 0.2) is 12.3 Å². The average molecular weight is 193 g/mol. The molecule has 2 rings (SSSR count). The molecule has 1 aromatic heterocycles. The van der Waals surface area contributed by atoms with Gasteiger partial charge in [0, 0.05) is 25.0 Å². The van der Waals surface area contributed by atoms with Crippen LogP contribution in [-0.2, 0) is 0 Å². The van der Waals surface area contributed by atoms with Crippen LogP contribution < -0.4 is 0 Å². The summed E-state index contributed by atoms with van der Waals surface area (Å²) in [4.78, 5) is 2.51. The van der Waals surface area contributed by atoms with Crippen molar-refractivity contribution in [3.63, 3.8) is 0 Å². The Hall–Kier alpha value is -0.830. The van der Waals surface area contributed by atoms with E-state index in [-0.39, 0.29) is 0 Å². The molecule has 0 N–H and O–H groups in total. The van der Waals surface area contributed by atoms with Crippen LogP contribution in [0.2, 0.25) is 0 Å². The molecule has 0 amide bonds. The average Bonchev–Trinajstić information content (AvgIpc) is 2.65. The Morgan fingerprint density at radius 3 is 2.64 bits per heavy atom. The van der Waals surface area contributed by atoms with E-state index in [0.717, 1.165) is 0 Å². The maximum Gasteiger partial charge on any atom is 0.0546 e. The van der Waals surface area contributed by atoms with Crippen molar-refractivity contribution in [3.05, 3.63) is 18.0 Å². The Balaban J connectivity index is 1.99. The monoisotopic (exact) mass is 193 g/mol. The fourth-order valence-corrected chi connectivity index (χ4v) is 2.24. The van der Waals surface area contributed by atoms with Crippen molar-refractivity contribution in [2.24, 2.45) is 0 Å². The number of rotatable bonds is 2. The van der Waals surface area contributed by atoms with Gasteiger partial charge in [-0.2, -0.15) is 5.10 Å². The summed E-state index contributed by atoms with van der Waals surface area (Å²) in [6.07, 6.45) is 4.40. The van der Waals surface area contributed by atoms with E-state index in [4.69, 9.17) is 0 Å². The molecule has 1 fully saturated rings. The number of nitrogens with zero attached hydrogens (tertiary/aromatic N) is 3. The molecule has 0 saturated carbocycles. The standard InChI is InChI=1S/C11H19N3/c1-3-13-8-5-11(6-9-13)14-10(2)4-7-12-14/h4,7,11H,3,5-6,8-9H2,1-2H3. The van der Waals surface area contributed by atoms with Gasteiger partial charge >= 0.3 is 0 Å². The van der Waals surface area contributed by atoms with Gasteiger partial charge in [0.15, 0.2) is 0 Å². The molecule has 1 aliphatic rings. The largest absolute Gasteiger partial charge is 0.303 e. The summed E-state index contributed by atoms with van der Waals surface area (Å²) in [5, 5.41) is 4.39. The Bertz CT molecular complexity index is 284. The number of aromatic nitrogens is 2. The third-order valence-electron chi connectivity index (χ3n) is 3.22. The van der Waals surface area contributed by atoms with Gasteiger partial charge in [-0.3, -0.25) is 4.68 Å². The Morgan fingerprint density at radius 1 is 1.43 bits per heavy atom. The normalized spacial score (nSPS) is 20.1. The first-order valence-corrected chi connectivity index (χ1v) is 5.53. The van der Waals surface area contributed by atoms with Gasteiger partial charge in [-0.05, 0) is 32.4 Å². The lowest BCUT2D eigenvalue weighted by Crippen LogP contribution is -2.34. The SMILES string of the molecule is CCN1CCC(n2nccc2C)CC1. The molecule has 0 atom stereocenters. The molecule has 3 heteroatoms. The van der Waals surface area contributed by atoms with Crippen molar-refractivity contribution in [2.75, 3.05) is 19.6 Å². The molecular formula is C11H19N3. The zero-order valence-corrected chi connectivity index (χ0v) is 9.11. The van der Waals surface area contributed by atoms with Gasteiger partial charge < -0.3 is 4.90 Å². The highest BCUT2D eigenvalue weighted by atomic mass is 15.3. The highest BCUT2D eigenvalue weighted by Gasteiger charge is 2.20. The maximum absolute atomic E-state index is 4.39. The van der Waals surface area contributed by atoms with Gasteiger partial charge in [0.1, 0.15) is 0 Å². The van der Waals surface area contributed by atoms with Crippen LogP contribution in [0.4, 0.5) is 0 Å². The third-order valence-corrected chi connectivity index (χ3v) is 3.22. The molecular weight excluding hydrogens is 174 g/mol. The van der Waals surface area contributed by atoms with Crippen LogP contribution in [0, 0.1) is 6.92 Å². The molecule has 0 unspecified atom stereocenters. The summed E-state index contributed by atoms with van der Waals surface area (Å²) in [7, 11) is 0. The topological polar surface area (TPSA) is 21.1 Å². The molecule has 78 valence electrons. The first-order valence-electron chi connectivity index (χ1n) is 5.53. The molecule has 0 aromatic carbocycles. The molecule has 0 aliphatic carbocycles. The highest BCUT2D eigenvalue weighted by molar-refractivity contribution is 4.99. The second-order valence-electron chi connectivity index (χ2n) is 4.08. The predicted octanol–water partition coefficient (Wildman–Crippen LogP) is 1.85. The molecule has 1 saturated heterocycles. The maximum atomic E-state index is 4.39. The summed E-state index contributed by atoms with van der Waals surface area (Å²) in [6.45, 7) is 8.00. The first kappa shape index (κ1) is 9.71. The fraction of sp³-hybridized carbons (Fsp3) is 0.727. The smallest absolute Gasteiger partial charge is 0.0546 e. The first-order chi connectivity index (χ1) is 6.81. The van der Waals surface area contributed by atoms with Crippen molar-refractivity contribution >= 4 is 0 Å². The molecule has 1 aliphatic heterocycles. The van der Waals surface area contributed by atoms with Crippen molar-refractivity contribution < 1.29 is 0 Å². The van der Waals surface area contributed by atoms with Crippen LogP contribution in [0.5, 0.6) is 0 Å². The minimum atomic E-state index is 0.632. The molecule has 0 bridgehead atoms. The molecule has 3 nitrogen and oxygen atoms in total. The van der Waals surface area contributed by atoms with Crippen molar-refractivity contribution in [2.45, 2.75) is 32.7 Å². The second-order valence-corrected chi connectivity index (χ2v) is 4.08. The Labute approximate surface area is 85.7 Å². The number of aryl methyl sites for hydroxylation is 1. The van der Waals surface area contributed by atoms with Crippen LogP contribution in [0.25, 0.3) is 0 Å². The summed E-state index contributed by atoms with van der Waals surface area (Å²) in [6, 6.07) is 2.72. The second kappa shape index (κ2) is 4.13. The lowest BCUT2D eigenvalue weighted by atomic mass is 10.1. The summed E-state index contributed by atoms with van der Waals surface area (Å²) in [5.74, 6) is 0. The van der Waals surface area contributed by atoms with E-state index in [1.807, 2.05) is 6.20 Å². The number of hydrogen-bond acceptors (Lipinski definition) is 2. The summed E-state index contributed by atoms with van der Waals surface area (Å²) < 4.78 is 2.19. The van der Waals surface area contributed by atoms with Gasteiger partial charge in [0.25, 0.3) is 0 Å². The predicted molar refractivity (Wildman–Crippen MR) is 57.3 cm³/mol.